The van der Waals surface area contributed by atoms with Gasteiger partial charge in [0.25, 0.3) is 0 Å². The smallest absolute Gasteiger partial charge is 0.218 e. The molecule has 0 amide bonds. The van der Waals surface area contributed by atoms with E-state index in [1.54, 1.807) is 11.4 Å². The highest BCUT2D eigenvalue weighted by molar-refractivity contribution is 7.89. The average molecular weight is 276 g/mol. The van der Waals surface area contributed by atoms with Crippen molar-refractivity contribution in [3.63, 3.8) is 0 Å². The van der Waals surface area contributed by atoms with Gasteiger partial charge in [-0.25, -0.2) is 8.42 Å². The largest absolute Gasteiger partial charge is 0.380 e. The maximum Gasteiger partial charge on any atom is 0.218 e. The van der Waals surface area contributed by atoms with Gasteiger partial charge in [-0.05, 0) is 31.7 Å². The summed E-state index contributed by atoms with van der Waals surface area (Å²) in [7, 11) is -1.49. The Labute approximate surface area is 110 Å². The standard InChI is InChI=1S/C12H24N2O3S/c1-10-5-7-14(9-12(10)17-2)18(15,16)11-4-3-6-13-8-11/h10-13H,3-9H2,1-2H3. The zero-order valence-corrected chi connectivity index (χ0v) is 12.1. The Morgan fingerprint density at radius 2 is 2.11 bits per heavy atom. The monoisotopic (exact) mass is 276 g/mol. The fourth-order valence-corrected chi connectivity index (χ4v) is 4.76. The molecule has 0 aliphatic carbocycles. The molecule has 6 heteroatoms. The lowest BCUT2D eigenvalue weighted by atomic mass is 9.97. The van der Waals surface area contributed by atoms with E-state index in [1.807, 2.05) is 0 Å². The lowest BCUT2D eigenvalue weighted by molar-refractivity contribution is 0.0180. The van der Waals surface area contributed by atoms with Crippen LogP contribution in [0.4, 0.5) is 0 Å². The van der Waals surface area contributed by atoms with E-state index >= 15 is 0 Å². The normalized spacial score (nSPS) is 35.6. The summed E-state index contributed by atoms with van der Waals surface area (Å²) in [6.45, 7) is 4.80. The van der Waals surface area contributed by atoms with Crippen molar-refractivity contribution in [2.75, 3.05) is 33.3 Å². The molecule has 1 N–H and O–H groups in total. The van der Waals surface area contributed by atoms with E-state index in [1.165, 1.54) is 0 Å². The second-order valence-corrected chi connectivity index (χ2v) is 7.62. The number of hydrogen-bond donors (Lipinski definition) is 1. The maximum absolute atomic E-state index is 12.5. The third-order valence-electron chi connectivity index (χ3n) is 4.19. The molecule has 2 aliphatic heterocycles. The molecule has 2 heterocycles. The first kappa shape index (κ1) is 14.2. The fourth-order valence-electron chi connectivity index (χ4n) is 2.83. The summed E-state index contributed by atoms with van der Waals surface area (Å²) in [4.78, 5) is 0. The van der Waals surface area contributed by atoms with Crippen LogP contribution in [-0.2, 0) is 14.8 Å². The van der Waals surface area contributed by atoms with Crippen molar-refractivity contribution >= 4 is 10.0 Å². The highest BCUT2D eigenvalue weighted by Gasteiger charge is 2.37. The van der Waals surface area contributed by atoms with Crippen molar-refractivity contribution in [2.45, 2.75) is 37.5 Å². The van der Waals surface area contributed by atoms with Crippen molar-refractivity contribution in [3.8, 4) is 0 Å². The number of hydrogen-bond acceptors (Lipinski definition) is 4. The van der Waals surface area contributed by atoms with Gasteiger partial charge in [-0.2, -0.15) is 4.31 Å². The van der Waals surface area contributed by atoms with E-state index in [2.05, 4.69) is 12.2 Å². The molecule has 0 aromatic heterocycles. The first-order valence-corrected chi connectivity index (χ1v) is 8.28. The Bertz CT molecular complexity index is 366. The van der Waals surface area contributed by atoms with E-state index < -0.39 is 10.0 Å². The summed E-state index contributed by atoms with van der Waals surface area (Å²) >= 11 is 0. The number of piperidine rings is 2. The first-order chi connectivity index (χ1) is 8.55. The second kappa shape index (κ2) is 5.86. The van der Waals surface area contributed by atoms with Crippen molar-refractivity contribution in [1.82, 2.24) is 9.62 Å². The quantitative estimate of drug-likeness (QED) is 0.812. The number of sulfonamides is 1. The van der Waals surface area contributed by atoms with E-state index in [0.29, 0.717) is 25.6 Å². The highest BCUT2D eigenvalue weighted by Crippen LogP contribution is 2.25. The van der Waals surface area contributed by atoms with Crippen LogP contribution >= 0.6 is 0 Å². The number of nitrogens with one attached hydrogen (secondary N) is 1. The molecule has 2 rings (SSSR count). The molecule has 0 radical (unpaired) electrons. The summed E-state index contributed by atoms with van der Waals surface area (Å²) in [5, 5.41) is 2.92. The first-order valence-electron chi connectivity index (χ1n) is 6.78. The van der Waals surface area contributed by atoms with Gasteiger partial charge in [0.1, 0.15) is 0 Å². The molecule has 106 valence electrons. The summed E-state index contributed by atoms with van der Waals surface area (Å²) in [5.41, 5.74) is 0. The predicted octanol–water partition coefficient (Wildman–Crippen LogP) is 0.425. The van der Waals surface area contributed by atoms with Crippen LogP contribution in [0.1, 0.15) is 26.2 Å². The van der Waals surface area contributed by atoms with Crippen molar-refractivity contribution < 1.29 is 13.2 Å². The lowest BCUT2D eigenvalue weighted by Crippen LogP contribution is -2.52. The molecule has 3 unspecified atom stereocenters. The highest BCUT2D eigenvalue weighted by atomic mass is 32.2. The van der Waals surface area contributed by atoms with Crippen molar-refractivity contribution in [2.24, 2.45) is 5.92 Å². The maximum atomic E-state index is 12.5. The molecule has 5 nitrogen and oxygen atoms in total. The van der Waals surface area contributed by atoms with E-state index in [-0.39, 0.29) is 11.4 Å². The van der Waals surface area contributed by atoms with Gasteiger partial charge in [0.05, 0.1) is 11.4 Å². The fraction of sp³-hybridized carbons (Fsp3) is 1.00. The van der Waals surface area contributed by atoms with Crippen LogP contribution in [0.2, 0.25) is 0 Å². The molecule has 3 atom stereocenters. The molecular weight excluding hydrogens is 252 g/mol. The van der Waals surface area contributed by atoms with Crippen LogP contribution in [-0.4, -0.2) is 57.4 Å². The molecule has 0 spiro atoms. The molecule has 0 aromatic rings. The third-order valence-corrected chi connectivity index (χ3v) is 6.48. The van der Waals surface area contributed by atoms with Crippen LogP contribution in [0.25, 0.3) is 0 Å². The topological polar surface area (TPSA) is 58.6 Å². The van der Waals surface area contributed by atoms with Gasteiger partial charge >= 0.3 is 0 Å². The van der Waals surface area contributed by atoms with Crippen LogP contribution in [0.15, 0.2) is 0 Å². The van der Waals surface area contributed by atoms with E-state index in [9.17, 15) is 8.42 Å². The lowest BCUT2D eigenvalue weighted by Gasteiger charge is -2.38. The number of nitrogens with zero attached hydrogens (tertiary/aromatic N) is 1. The summed E-state index contributed by atoms with van der Waals surface area (Å²) in [6.07, 6.45) is 2.64. The number of methoxy groups -OCH3 is 1. The second-order valence-electron chi connectivity index (χ2n) is 5.41. The Morgan fingerprint density at radius 3 is 2.72 bits per heavy atom. The van der Waals surface area contributed by atoms with Gasteiger partial charge in [-0.1, -0.05) is 6.92 Å². The number of ether oxygens (including phenoxy) is 1. The molecule has 0 bridgehead atoms. The third kappa shape index (κ3) is 2.87. The van der Waals surface area contributed by atoms with Gasteiger partial charge in [-0.3, -0.25) is 0 Å². The molecule has 2 saturated heterocycles. The van der Waals surface area contributed by atoms with Crippen LogP contribution in [0, 0.1) is 5.92 Å². The zero-order chi connectivity index (χ0) is 13.2. The molecular formula is C12H24N2O3S. The Hall–Kier alpha value is -0.170. The predicted molar refractivity (Wildman–Crippen MR) is 71.0 cm³/mol. The van der Waals surface area contributed by atoms with Gasteiger partial charge in [0, 0.05) is 26.7 Å². The minimum atomic E-state index is -3.16. The zero-order valence-electron chi connectivity index (χ0n) is 11.3. The van der Waals surface area contributed by atoms with Gasteiger partial charge in [0.2, 0.25) is 10.0 Å². The van der Waals surface area contributed by atoms with Crippen LogP contribution in [0.5, 0.6) is 0 Å². The Balaban J connectivity index is 2.05. The van der Waals surface area contributed by atoms with E-state index in [4.69, 9.17) is 4.74 Å². The Morgan fingerprint density at radius 1 is 1.33 bits per heavy atom. The Kier molecular flexibility index (Phi) is 4.64. The summed E-state index contributed by atoms with van der Waals surface area (Å²) in [6, 6.07) is 0. The van der Waals surface area contributed by atoms with Crippen LogP contribution < -0.4 is 5.32 Å². The average Bonchev–Trinajstić information content (AvgIpc) is 2.40. The van der Waals surface area contributed by atoms with Gasteiger partial charge in [-0.15, -0.1) is 0 Å². The molecule has 18 heavy (non-hydrogen) atoms. The SMILES string of the molecule is COC1CN(S(=O)(=O)C2CCCNC2)CCC1C. The van der Waals surface area contributed by atoms with Gasteiger partial charge < -0.3 is 10.1 Å². The van der Waals surface area contributed by atoms with E-state index in [0.717, 1.165) is 25.8 Å². The summed E-state index contributed by atoms with van der Waals surface area (Å²) in [5.74, 6) is 0.436. The van der Waals surface area contributed by atoms with Crippen LogP contribution in [0.3, 0.4) is 0 Å². The minimum absolute atomic E-state index is 0.0325. The molecule has 0 saturated carbocycles. The molecule has 2 fully saturated rings. The summed E-state index contributed by atoms with van der Waals surface area (Å²) < 4.78 is 32.1. The molecule has 2 aliphatic rings. The van der Waals surface area contributed by atoms with Crippen molar-refractivity contribution in [3.05, 3.63) is 0 Å². The van der Waals surface area contributed by atoms with Gasteiger partial charge in [0.15, 0.2) is 0 Å². The molecule has 0 aromatic carbocycles. The minimum Gasteiger partial charge on any atom is -0.380 e. The van der Waals surface area contributed by atoms with Crippen molar-refractivity contribution in [1.29, 1.82) is 0 Å². The number of rotatable bonds is 3.